The zero-order valence-electron chi connectivity index (χ0n) is 6.48. The quantitative estimate of drug-likeness (QED) is 0.496. The fraction of sp³-hybridized carbons (Fsp3) is 0.125. The lowest BCUT2D eigenvalue weighted by Crippen LogP contribution is -2.09. The normalized spacial score (nSPS) is 10.1. The van der Waals surface area contributed by atoms with E-state index in [4.69, 9.17) is 5.73 Å². The van der Waals surface area contributed by atoms with Crippen molar-refractivity contribution in [3.8, 4) is 0 Å². The summed E-state index contributed by atoms with van der Waals surface area (Å²) in [5.74, 6) is -2.84. The van der Waals surface area contributed by atoms with Crippen LogP contribution in [-0.4, -0.2) is 11.1 Å². The second-order valence-corrected chi connectivity index (χ2v) is 2.94. The lowest BCUT2D eigenvalue weighted by atomic mass is 10.1. The fourth-order valence-electron chi connectivity index (χ4n) is 0.916. The van der Waals surface area contributed by atoms with Crippen LogP contribution in [0.5, 0.6) is 0 Å². The lowest BCUT2D eigenvalue weighted by Gasteiger charge is -2.04. The standard InChI is InChI=1S/C8H6BrF2NO/c9-3-6(13)7-5(12)2-1-4(10)8(7)11/h1-2H,3,12H2. The van der Waals surface area contributed by atoms with Crippen molar-refractivity contribution in [2.24, 2.45) is 0 Å². The van der Waals surface area contributed by atoms with Crippen molar-refractivity contribution in [2.75, 3.05) is 11.1 Å². The first kappa shape index (κ1) is 10.1. The van der Waals surface area contributed by atoms with Gasteiger partial charge in [0.05, 0.1) is 10.9 Å². The minimum atomic E-state index is -1.19. The van der Waals surface area contributed by atoms with Crippen LogP contribution in [0, 0.1) is 11.6 Å². The minimum absolute atomic E-state index is 0.0525. The monoisotopic (exact) mass is 249 g/mol. The summed E-state index contributed by atoms with van der Waals surface area (Å²) in [7, 11) is 0. The number of hydrogen-bond donors (Lipinski definition) is 1. The lowest BCUT2D eigenvalue weighted by molar-refractivity contribution is 0.102. The zero-order chi connectivity index (χ0) is 10.0. The molecule has 70 valence electrons. The molecular weight excluding hydrogens is 244 g/mol. The number of hydrogen-bond acceptors (Lipinski definition) is 2. The van der Waals surface area contributed by atoms with Crippen molar-refractivity contribution in [1.82, 2.24) is 0 Å². The highest BCUT2D eigenvalue weighted by atomic mass is 79.9. The molecule has 1 aromatic carbocycles. The number of ketones is 1. The van der Waals surface area contributed by atoms with E-state index in [1.54, 1.807) is 0 Å². The van der Waals surface area contributed by atoms with Crippen LogP contribution in [0.1, 0.15) is 10.4 Å². The number of nitrogen functional groups attached to an aromatic ring is 1. The Morgan fingerprint density at radius 3 is 2.62 bits per heavy atom. The summed E-state index contributed by atoms with van der Waals surface area (Å²) in [6.07, 6.45) is 0. The summed E-state index contributed by atoms with van der Waals surface area (Å²) in [5.41, 5.74) is 4.87. The maximum atomic E-state index is 13.0. The average Bonchev–Trinajstić information content (AvgIpc) is 2.12. The Morgan fingerprint density at radius 2 is 2.08 bits per heavy atom. The van der Waals surface area contributed by atoms with Crippen LogP contribution in [-0.2, 0) is 0 Å². The van der Waals surface area contributed by atoms with Gasteiger partial charge in [0.1, 0.15) is 0 Å². The predicted octanol–water partition coefficient (Wildman–Crippen LogP) is 2.12. The highest BCUT2D eigenvalue weighted by molar-refractivity contribution is 9.09. The van der Waals surface area contributed by atoms with Crippen LogP contribution in [0.15, 0.2) is 12.1 Å². The molecule has 0 saturated carbocycles. The fourth-order valence-corrected chi connectivity index (χ4v) is 1.20. The molecule has 0 aliphatic carbocycles. The molecule has 0 atom stereocenters. The second kappa shape index (κ2) is 3.83. The number of halogens is 3. The van der Waals surface area contributed by atoms with E-state index in [-0.39, 0.29) is 11.0 Å². The van der Waals surface area contributed by atoms with Gasteiger partial charge in [0.25, 0.3) is 0 Å². The number of nitrogens with two attached hydrogens (primary N) is 1. The molecule has 2 N–H and O–H groups in total. The van der Waals surface area contributed by atoms with E-state index in [0.717, 1.165) is 12.1 Å². The molecule has 0 heterocycles. The van der Waals surface area contributed by atoms with Gasteiger partial charge in [-0.1, -0.05) is 15.9 Å². The maximum Gasteiger partial charge on any atom is 0.178 e. The van der Waals surface area contributed by atoms with Gasteiger partial charge in [0.2, 0.25) is 0 Å². The number of Topliss-reactive ketones (excluding diaryl/α,β-unsaturated/α-hetero) is 1. The molecule has 0 saturated heterocycles. The highest BCUT2D eigenvalue weighted by Gasteiger charge is 2.17. The summed E-state index contributed by atoms with van der Waals surface area (Å²) in [4.78, 5) is 11.1. The molecule has 0 aliphatic rings. The molecule has 0 unspecified atom stereocenters. The smallest absolute Gasteiger partial charge is 0.178 e. The van der Waals surface area contributed by atoms with Gasteiger partial charge in [0.15, 0.2) is 17.4 Å². The van der Waals surface area contributed by atoms with E-state index in [0.29, 0.717) is 0 Å². The Bertz CT molecular complexity index is 354. The predicted molar refractivity (Wildman–Crippen MR) is 48.9 cm³/mol. The molecule has 2 nitrogen and oxygen atoms in total. The van der Waals surface area contributed by atoms with Crippen molar-refractivity contribution in [3.05, 3.63) is 29.3 Å². The van der Waals surface area contributed by atoms with Crippen molar-refractivity contribution in [2.45, 2.75) is 0 Å². The number of carbonyl (C=O) groups is 1. The van der Waals surface area contributed by atoms with Crippen molar-refractivity contribution in [3.63, 3.8) is 0 Å². The van der Waals surface area contributed by atoms with Gasteiger partial charge in [-0.25, -0.2) is 8.78 Å². The third kappa shape index (κ3) is 1.85. The Labute approximate surface area is 81.9 Å². The first-order chi connectivity index (χ1) is 6.07. The Kier molecular flexibility index (Phi) is 2.98. The van der Waals surface area contributed by atoms with E-state index >= 15 is 0 Å². The van der Waals surface area contributed by atoms with Crippen LogP contribution < -0.4 is 5.73 Å². The first-order valence-electron chi connectivity index (χ1n) is 3.40. The third-order valence-corrected chi connectivity index (χ3v) is 2.04. The largest absolute Gasteiger partial charge is 0.398 e. The van der Waals surface area contributed by atoms with Gasteiger partial charge in [-0.2, -0.15) is 0 Å². The number of anilines is 1. The number of rotatable bonds is 2. The van der Waals surface area contributed by atoms with Crippen LogP contribution in [0.3, 0.4) is 0 Å². The molecule has 1 aromatic rings. The summed E-state index contributed by atoms with van der Waals surface area (Å²) < 4.78 is 25.7. The van der Waals surface area contributed by atoms with E-state index in [9.17, 15) is 13.6 Å². The van der Waals surface area contributed by atoms with E-state index in [1.807, 2.05) is 0 Å². The summed E-state index contributed by atoms with van der Waals surface area (Å²) >= 11 is 2.85. The number of carbonyl (C=O) groups excluding carboxylic acids is 1. The molecule has 0 spiro atoms. The first-order valence-corrected chi connectivity index (χ1v) is 4.52. The summed E-state index contributed by atoms with van der Waals surface area (Å²) in [6, 6.07) is 2.05. The zero-order valence-corrected chi connectivity index (χ0v) is 8.07. The van der Waals surface area contributed by atoms with E-state index in [2.05, 4.69) is 15.9 Å². The van der Waals surface area contributed by atoms with Crippen molar-refractivity contribution < 1.29 is 13.6 Å². The molecule has 0 amide bonds. The molecule has 0 fully saturated rings. The Hall–Kier alpha value is -0.970. The van der Waals surface area contributed by atoms with E-state index in [1.165, 1.54) is 0 Å². The van der Waals surface area contributed by atoms with Gasteiger partial charge in [-0.3, -0.25) is 4.79 Å². The van der Waals surface area contributed by atoms with E-state index < -0.39 is 23.0 Å². The third-order valence-electron chi connectivity index (χ3n) is 1.53. The molecule has 0 aromatic heterocycles. The summed E-state index contributed by atoms with van der Waals surface area (Å²) in [5, 5.41) is -0.0857. The average molecular weight is 250 g/mol. The second-order valence-electron chi connectivity index (χ2n) is 2.38. The summed E-state index contributed by atoms with van der Waals surface area (Å²) in [6.45, 7) is 0. The molecular formula is C8H6BrF2NO. The van der Waals surface area contributed by atoms with Crippen LogP contribution in [0.25, 0.3) is 0 Å². The van der Waals surface area contributed by atoms with Gasteiger partial charge in [-0.05, 0) is 12.1 Å². The highest BCUT2D eigenvalue weighted by Crippen LogP contribution is 2.19. The Morgan fingerprint density at radius 1 is 1.46 bits per heavy atom. The van der Waals surface area contributed by atoms with Crippen molar-refractivity contribution >= 4 is 27.4 Å². The van der Waals surface area contributed by atoms with Crippen LogP contribution in [0.4, 0.5) is 14.5 Å². The maximum absolute atomic E-state index is 13.0. The van der Waals surface area contributed by atoms with Gasteiger partial charge in [-0.15, -0.1) is 0 Å². The molecule has 0 bridgehead atoms. The topological polar surface area (TPSA) is 43.1 Å². The number of alkyl halides is 1. The molecule has 1 rings (SSSR count). The Balaban J connectivity index is 3.33. The minimum Gasteiger partial charge on any atom is -0.398 e. The molecule has 13 heavy (non-hydrogen) atoms. The molecule has 5 heteroatoms. The molecule has 0 radical (unpaired) electrons. The van der Waals surface area contributed by atoms with Gasteiger partial charge in [0, 0.05) is 5.69 Å². The van der Waals surface area contributed by atoms with Crippen LogP contribution in [0.2, 0.25) is 0 Å². The number of benzene rings is 1. The van der Waals surface area contributed by atoms with Crippen LogP contribution >= 0.6 is 15.9 Å². The SMILES string of the molecule is Nc1ccc(F)c(F)c1C(=O)CBr. The van der Waals surface area contributed by atoms with Gasteiger partial charge < -0.3 is 5.73 Å². The van der Waals surface area contributed by atoms with Gasteiger partial charge >= 0.3 is 0 Å². The molecule has 0 aliphatic heterocycles. The van der Waals surface area contributed by atoms with Crippen molar-refractivity contribution in [1.29, 1.82) is 0 Å².